The molecule has 1 saturated heterocycles. The quantitative estimate of drug-likeness (QED) is 0.492. The van der Waals surface area contributed by atoms with Crippen molar-refractivity contribution < 1.29 is 22.7 Å². The molecule has 0 radical (unpaired) electrons. The number of sulfonamides is 1. The highest BCUT2D eigenvalue weighted by Gasteiger charge is 2.44. The summed E-state index contributed by atoms with van der Waals surface area (Å²) in [5.74, 6) is 1.23. The van der Waals surface area contributed by atoms with Gasteiger partial charge in [-0.15, -0.1) is 11.8 Å². The molecule has 0 saturated carbocycles. The first kappa shape index (κ1) is 27.4. The van der Waals surface area contributed by atoms with Gasteiger partial charge < -0.3 is 14.4 Å². The lowest BCUT2D eigenvalue weighted by Crippen LogP contribution is -2.44. The van der Waals surface area contributed by atoms with Crippen LogP contribution in [0.15, 0.2) is 59.5 Å². The van der Waals surface area contributed by atoms with Crippen molar-refractivity contribution in [3.05, 3.63) is 54.6 Å². The Bertz CT molecular complexity index is 1110. The lowest BCUT2D eigenvalue weighted by atomic mass is 10.2. The molecule has 35 heavy (non-hydrogen) atoms. The lowest BCUT2D eigenvalue weighted by molar-refractivity contribution is 0.0287. The van der Waals surface area contributed by atoms with Gasteiger partial charge in [0.1, 0.15) is 17.1 Å². The molecule has 1 aliphatic rings. The van der Waals surface area contributed by atoms with Crippen LogP contribution in [0.3, 0.4) is 0 Å². The molecule has 1 amide bonds. The Hall–Kier alpha value is -2.23. The van der Waals surface area contributed by atoms with Crippen LogP contribution in [-0.2, 0) is 14.8 Å². The van der Waals surface area contributed by atoms with Gasteiger partial charge in [-0.2, -0.15) is 4.31 Å². The number of amides is 1. The summed E-state index contributed by atoms with van der Waals surface area (Å²) >= 11 is 1.68. The summed E-state index contributed by atoms with van der Waals surface area (Å²) < 4.78 is 39.7. The van der Waals surface area contributed by atoms with Gasteiger partial charge in [-0.1, -0.05) is 39.0 Å². The summed E-state index contributed by atoms with van der Waals surface area (Å²) in [6.45, 7) is 12.4. The third kappa shape index (κ3) is 7.38. The van der Waals surface area contributed by atoms with Crippen molar-refractivity contribution in [3.63, 3.8) is 0 Å². The largest absolute Gasteiger partial charge is 0.457 e. The monoisotopic (exact) mass is 520 g/mol. The van der Waals surface area contributed by atoms with Crippen molar-refractivity contribution in [2.75, 3.05) is 20.1 Å². The summed E-state index contributed by atoms with van der Waals surface area (Å²) in [6, 6.07) is 15.3. The fourth-order valence-electron chi connectivity index (χ4n) is 3.80. The average Bonchev–Trinajstić information content (AvgIpc) is 3.15. The Morgan fingerprint density at radius 1 is 0.943 bits per heavy atom. The minimum atomic E-state index is -3.80. The number of ether oxygens (including phenoxy) is 2. The molecule has 2 aromatic carbocycles. The normalized spacial score (nSPS) is 19.1. The molecule has 192 valence electrons. The molecule has 2 aromatic rings. The van der Waals surface area contributed by atoms with Gasteiger partial charge in [-0.25, -0.2) is 13.2 Å². The van der Waals surface area contributed by atoms with Gasteiger partial charge in [-0.3, -0.25) is 0 Å². The summed E-state index contributed by atoms with van der Waals surface area (Å²) in [6.07, 6.45) is -0.423. The second-order valence-corrected chi connectivity index (χ2v) is 14.7. The van der Waals surface area contributed by atoms with E-state index in [4.69, 9.17) is 9.47 Å². The van der Waals surface area contributed by atoms with E-state index in [0.29, 0.717) is 18.0 Å². The minimum Gasteiger partial charge on any atom is -0.457 e. The van der Waals surface area contributed by atoms with Crippen LogP contribution in [0.5, 0.6) is 11.5 Å². The SMILES string of the molecule is CN(C1CN(C(=O)OC(C)(C)C)CC1SC(C)(C)C)S(=O)(=O)c1ccc(Oc2ccccc2)cc1. The van der Waals surface area contributed by atoms with Gasteiger partial charge in [0, 0.05) is 30.1 Å². The number of thioether (sulfide) groups is 1. The van der Waals surface area contributed by atoms with Crippen LogP contribution < -0.4 is 4.74 Å². The highest BCUT2D eigenvalue weighted by Crippen LogP contribution is 2.37. The second kappa shape index (κ2) is 10.4. The van der Waals surface area contributed by atoms with E-state index >= 15 is 0 Å². The predicted octanol–water partition coefficient (Wildman–Crippen LogP) is 5.62. The van der Waals surface area contributed by atoms with Gasteiger partial charge in [0.15, 0.2) is 0 Å². The molecule has 1 heterocycles. The summed E-state index contributed by atoms with van der Waals surface area (Å²) in [7, 11) is -2.21. The van der Waals surface area contributed by atoms with E-state index in [2.05, 4.69) is 20.8 Å². The molecule has 1 fully saturated rings. The van der Waals surface area contributed by atoms with E-state index < -0.39 is 27.8 Å². The number of rotatable bonds is 6. The van der Waals surface area contributed by atoms with Crippen molar-refractivity contribution in [1.29, 1.82) is 0 Å². The number of nitrogens with zero attached hydrogens (tertiary/aromatic N) is 2. The summed E-state index contributed by atoms with van der Waals surface area (Å²) in [4.78, 5) is 14.5. The fourth-order valence-corrected chi connectivity index (χ4v) is 6.85. The molecule has 0 aromatic heterocycles. The average molecular weight is 521 g/mol. The lowest BCUT2D eigenvalue weighted by Gasteiger charge is -2.31. The maximum atomic E-state index is 13.5. The third-order valence-corrected chi connectivity index (χ3v) is 8.71. The maximum absolute atomic E-state index is 13.5. The first-order chi connectivity index (χ1) is 16.2. The van der Waals surface area contributed by atoms with Gasteiger partial charge >= 0.3 is 6.09 Å². The van der Waals surface area contributed by atoms with E-state index in [1.165, 1.54) is 4.31 Å². The van der Waals surface area contributed by atoms with Crippen LogP contribution in [0.25, 0.3) is 0 Å². The Morgan fingerprint density at radius 2 is 1.51 bits per heavy atom. The molecular weight excluding hydrogens is 484 g/mol. The molecule has 0 N–H and O–H groups in total. The van der Waals surface area contributed by atoms with Gasteiger partial charge in [0.2, 0.25) is 10.0 Å². The van der Waals surface area contributed by atoms with Crippen LogP contribution in [0.4, 0.5) is 4.79 Å². The van der Waals surface area contributed by atoms with Crippen molar-refractivity contribution in [2.24, 2.45) is 0 Å². The smallest absolute Gasteiger partial charge is 0.410 e. The highest BCUT2D eigenvalue weighted by atomic mass is 32.2. The van der Waals surface area contributed by atoms with E-state index in [9.17, 15) is 13.2 Å². The zero-order valence-electron chi connectivity index (χ0n) is 21.5. The first-order valence-electron chi connectivity index (χ1n) is 11.6. The van der Waals surface area contributed by atoms with Gasteiger partial charge in [-0.05, 0) is 57.2 Å². The molecule has 2 unspecified atom stereocenters. The van der Waals surface area contributed by atoms with Crippen LogP contribution in [-0.4, -0.2) is 65.5 Å². The van der Waals surface area contributed by atoms with E-state index in [-0.39, 0.29) is 21.4 Å². The number of hydrogen-bond donors (Lipinski definition) is 0. The van der Waals surface area contributed by atoms with Crippen LogP contribution in [0.1, 0.15) is 41.5 Å². The molecule has 1 aliphatic heterocycles. The molecular formula is C26H36N2O5S2. The van der Waals surface area contributed by atoms with E-state index in [1.807, 2.05) is 51.1 Å². The minimum absolute atomic E-state index is 0.0945. The molecule has 0 bridgehead atoms. The van der Waals surface area contributed by atoms with Crippen LogP contribution in [0, 0.1) is 0 Å². The molecule has 0 aliphatic carbocycles. The van der Waals surface area contributed by atoms with Crippen molar-refractivity contribution in [1.82, 2.24) is 9.21 Å². The maximum Gasteiger partial charge on any atom is 0.410 e. The van der Waals surface area contributed by atoms with Crippen LogP contribution >= 0.6 is 11.8 Å². The summed E-state index contributed by atoms with van der Waals surface area (Å²) in [5.41, 5.74) is -0.622. The topological polar surface area (TPSA) is 76.2 Å². The zero-order chi connectivity index (χ0) is 26.0. The third-order valence-electron chi connectivity index (χ3n) is 5.34. The fraction of sp³-hybridized carbons (Fsp3) is 0.500. The van der Waals surface area contributed by atoms with Crippen molar-refractivity contribution in [2.45, 2.75) is 68.1 Å². The van der Waals surface area contributed by atoms with Crippen molar-refractivity contribution >= 4 is 27.9 Å². The Balaban J connectivity index is 1.80. The second-order valence-electron chi connectivity index (χ2n) is 10.6. The standard InChI is InChI=1S/C26H36N2O5S2/c1-25(2,3)33-24(29)28-17-22(23(18-28)34-26(4,5)6)27(7)35(30,31)21-15-13-20(14-16-21)32-19-11-9-8-10-12-19/h8-16,22-23H,17-18H2,1-7H3. The van der Waals surface area contributed by atoms with E-state index in [1.54, 1.807) is 48.0 Å². The van der Waals surface area contributed by atoms with Gasteiger partial charge in [0.05, 0.1) is 10.9 Å². The first-order valence-corrected chi connectivity index (χ1v) is 13.9. The predicted molar refractivity (Wildman–Crippen MR) is 141 cm³/mol. The summed E-state index contributed by atoms with van der Waals surface area (Å²) in [5, 5.41) is -0.0945. The van der Waals surface area contributed by atoms with Crippen molar-refractivity contribution in [3.8, 4) is 11.5 Å². The zero-order valence-corrected chi connectivity index (χ0v) is 23.2. The number of likely N-dealkylation sites (tertiary alicyclic amines) is 1. The van der Waals surface area contributed by atoms with Gasteiger partial charge in [0.25, 0.3) is 0 Å². The number of para-hydroxylation sites is 1. The number of benzene rings is 2. The molecule has 0 spiro atoms. The number of carbonyl (C=O) groups is 1. The van der Waals surface area contributed by atoms with E-state index in [0.717, 1.165) is 0 Å². The molecule has 3 rings (SSSR count). The molecule has 7 nitrogen and oxygen atoms in total. The number of likely N-dealkylation sites (N-methyl/N-ethyl adjacent to an activating group) is 1. The van der Waals surface area contributed by atoms with Crippen LogP contribution in [0.2, 0.25) is 0 Å². The Morgan fingerprint density at radius 3 is 2.06 bits per heavy atom. The molecule has 2 atom stereocenters. The molecule has 9 heteroatoms. The Kier molecular flexibility index (Phi) is 8.13. The Labute approximate surface area is 213 Å². The highest BCUT2D eigenvalue weighted by molar-refractivity contribution is 8.01. The number of carbonyl (C=O) groups excluding carboxylic acids is 1. The number of hydrogen-bond acceptors (Lipinski definition) is 6.